The third kappa shape index (κ3) is 6.38. The van der Waals surface area contributed by atoms with E-state index in [2.05, 4.69) is 10.6 Å². The lowest BCUT2D eigenvalue weighted by molar-refractivity contribution is -0.122. The van der Waals surface area contributed by atoms with Crippen LogP contribution < -0.4 is 19.7 Å². The molecule has 9 nitrogen and oxygen atoms in total. The van der Waals surface area contributed by atoms with Crippen molar-refractivity contribution in [1.82, 2.24) is 5.32 Å². The topological polar surface area (TPSA) is 118 Å². The van der Waals surface area contributed by atoms with Gasteiger partial charge in [0.05, 0.1) is 36.0 Å². The molecule has 0 radical (unpaired) electrons. The number of carbonyl (C=O) groups is 2. The third-order valence-electron chi connectivity index (χ3n) is 5.07. The zero-order chi connectivity index (χ0) is 24.7. The maximum Gasteiger partial charge on any atom is 0.265 e. The van der Waals surface area contributed by atoms with Gasteiger partial charge in [0.1, 0.15) is 11.5 Å². The normalized spacial score (nSPS) is 12.0. The first-order valence-electron chi connectivity index (χ1n) is 10.6. The van der Waals surface area contributed by atoms with Gasteiger partial charge in [0.2, 0.25) is 10.0 Å². The second-order valence-electron chi connectivity index (χ2n) is 7.54. The Morgan fingerprint density at radius 1 is 1.06 bits per heavy atom. The summed E-state index contributed by atoms with van der Waals surface area (Å²) in [7, 11) is -1.93. The molecule has 0 aliphatic heterocycles. The molecule has 2 aromatic carbocycles. The van der Waals surface area contributed by atoms with E-state index >= 15 is 0 Å². The van der Waals surface area contributed by atoms with Crippen LogP contribution in [0, 0.1) is 0 Å². The summed E-state index contributed by atoms with van der Waals surface area (Å²) in [5.74, 6) is 0.262. The van der Waals surface area contributed by atoms with Gasteiger partial charge in [0.15, 0.2) is 6.10 Å². The van der Waals surface area contributed by atoms with Crippen LogP contribution in [-0.2, 0) is 21.4 Å². The maximum atomic E-state index is 12.9. The van der Waals surface area contributed by atoms with Gasteiger partial charge in [-0.05, 0) is 55.0 Å². The van der Waals surface area contributed by atoms with E-state index in [9.17, 15) is 18.0 Å². The molecule has 2 N–H and O–H groups in total. The minimum absolute atomic E-state index is 0.222. The first kappa shape index (κ1) is 24.8. The molecular weight excluding hydrogens is 458 g/mol. The first-order valence-corrected chi connectivity index (χ1v) is 12.4. The van der Waals surface area contributed by atoms with Crippen molar-refractivity contribution in [3.8, 4) is 5.75 Å². The number of nitrogens with zero attached hydrogens (tertiary/aromatic N) is 1. The van der Waals surface area contributed by atoms with E-state index in [4.69, 9.17) is 9.15 Å². The molecule has 3 aromatic rings. The summed E-state index contributed by atoms with van der Waals surface area (Å²) in [6, 6.07) is 16.6. The van der Waals surface area contributed by atoms with E-state index in [1.807, 2.05) is 0 Å². The quantitative estimate of drug-likeness (QED) is 0.454. The molecule has 0 aliphatic carbocycles. The monoisotopic (exact) mass is 485 g/mol. The Hall–Kier alpha value is -3.79. The number of benzene rings is 2. The Kier molecular flexibility index (Phi) is 7.95. The van der Waals surface area contributed by atoms with E-state index in [-0.39, 0.29) is 12.5 Å². The highest BCUT2D eigenvalue weighted by Gasteiger charge is 2.21. The van der Waals surface area contributed by atoms with E-state index < -0.39 is 22.0 Å². The van der Waals surface area contributed by atoms with Crippen LogP contribution in [0.3, 0.4) is 0 Å². The molecule has 180 valence electrons. The average molecular weight is 486 g/mol. The molecule has 10 heteroatoms. The number of sulfonamides is 1. The van der Waals surface area contributed by atoms with Gasteiger partial charge in [-0.25, -0.2) is 8.42 Å². The summed E-state index contributed by atoms with van der Waals surface area (Å²) >= 11 is 0. The van der Waals surface area contributed by atoms with Crippen LogP contribution in [-0.4, -0.2) is 39.6 Å². The Labute approximate surface area is 198 Å². The molecule has 1 heterocycles. The Morgan fingerprint density at radius 2 is 1.76 bits per heavy atom. The van der Waals surface area contributed by atoms with Crippen molar-refractivity contribution in [2.75, 3.05) is 22.9 Å². The number of carbonyl (C=O) groups excluding carboxylic acids is 2. The number of furan rings is 1. The van der Waals surface area contributed by atoms with Gasteiger partial charge in [-0.1, -0.05) is 19.1 Å². The molecule has 0 spiro atoms. The van der Waals surface area contributed by atoms with Gasteiger partial charge < -0.3 is 19.8 Å². The number of amides is 2. The minimum Gasteiger partial charge on any atom is -0.481 e. The predicted molar refractivity (Wildman–Crippen MR) is 129 cm³/mol. The number of ether oxygens (including phenoxy) is 1. The maximum absolute atomic E-state index is 12.9. The fraction of sp³-hybridized carbons (Fsp3) is 0.250. The van der Waals surface area contributed by atoms with Crippen molar-refractivity contribution in [3.63, 3.8) is 0 Å². The summed E-state index contributed by atoms with van der Waals surface area (Å²) < 4.78 is 35.6. The second-order valence-corrected chi connectivity index (χ2v) is 9.55. The molecule has 0 saturated carbocycles. The molecule has 0 fully saturated rings. The number of hydrogen-bond donors (Lipinski definition) is 2. The van der Waals surface area contributed by atoms with E-state index in [1.54, 1.807) is 67.6 Å². The van der Waals surface area contributed by atoms with E-state index in [0.717, 1.165) is 10.6 Å². The molecule has 34 heavy (non-hydrogen) atoms. The predicted octanol–water partition coefficient (Wildman–Crippen LogP) is 3.40. The molecule has 0 bridgehead atoms. The highest BCUT2D eigenvalue weighted by Crippen LogP contribution is 2.22. The average Bonchev–Trinajstić information content (AvgIpc) is 3.34. The van der Waals surface area contributed by atoms with Gasteiger partial charge in [-0.3, -0.25) is 13.9 Å². The standard InChI is InChI=1S/C24H27N3O6S/c1-4-22(33-18-13-11-17(12-14-18)27(2)34(3,30)31)24(29)26-21-10-6-5-9-20(21)23(28)25-16-19-8-7-15-32-19/h5-15,22H,4,16H2,1-3H3,(H,25,28)(H,26,29)/t22-/m0/s1. The lowest BCUT2D eigenvalue weighted by Gasteiger charge is -2.20. The number of para-hydroxylation sites is 1. The summed E-state index contributed by atoms with van der Waals surface area (Å²) in [6.07, 6.45) is 2.20. The van der Waals surface area contributed by atoms with Gasteiger partial charge in [0.25, 0.3) is 11.8 Å². The molecular formula is C24H27N3O6S. The second kappa shape index (κ2) is 10.9. The van der Waals surface area contributed by atoms with Crippen molar-refractivity contribution in [2.24, 2.45) is 0 Å². The molecule has 1 atom stereocenters. The van der Waals surface area contributed by atoms with Crippen LogP contribution in [0.2, 0.25) is 0 Å². The highest BCUT2D eigenvalue weighted by molar-refractivity contribution is 7.92. The van der Waals surface area contributed by atoms with Crippen molar-refractivity contribution in [1.29, 1.82) is 0 Å². The molecule has 0 unspecified atom stereocenters. The minimum atomic E-state index is -3.38. The van der Waals surface area contributed by atoms with Crippen LogP contribution in [0.5, 0.6) is 5.75 Å². The van der Waals surface area contributed by atoms with Gasteiger partial charge in [0, 0.05) is 7.05 Å². The zero-order valence-electron chi connectivity index (χ0n) is 19.1. The third-order valence-corrected chi connectivity index (χ3v) is 6.28. The molecule has 1 aromatic heterocycles. The lowest BCUT2D eigenvalue weighted by Crippen LogP contribution is -2.33. The van der Waals surface area contributed by atoms with E-state index in [0.29, 0.717) is 34.9 Å². The smallest absolute Gasteiger partial charge is 0.265 e. The van der Waals surface area contributed by atoms with Gasteiger partial charge in [-0.15, -0.1) is 0 Å². The fourth-order valence-corrected chi connectivity index (χ4v) is 3.60. The van der Waals surface area contributed by atoms with Crippen molar-refractivity contribution >= 4 is 33.2 Å². The SMILES string of the molecule is CC[C@H](Oc1ccc(N(C)S(C)(=O)=O)cc1)C(=O)Nc1ccccc1C(=O)NCc1ccco1. The number of rotatable bonds is 10. The Balaban J connectivity index is 1.66. The fourth-order valence-electron chi connectivity index (χ4n) is 3.09. The Morgan fingerprint density at radius 3 is 2.38 bits per heavy atom. The zero-order valence-corrected chi connectivity index (χ0v) is 20.0. The van der Waals surface area contributed by atoms with Gasteiger partial charge >= 0.3 is 0 Å². The number of anilines is 2. The lowest BCUT2D eigenvalue weighted by atomic mass is 10.1. The van der Waals surface area contributed by atoms with Crippen LogP contribution in [0.4, 0.5) is 11.4 Å². The first-order chi connectivity index (χ1) is 16.2. The van der Waals surface area contributed by atoms with Crippen molar-refractivity contribution in [3.05, 3.63) is 78.3 Å². The molecule has 3 rings (SSSR count). The summed E-state index contributed by atoms with van der Waals surface area (Å²) in [4.78, 5) is 25.6. The molecule has 0 saturated heterocycles. The summed E-state index contributed by atoms with van der Waals surface area (Å²) in [6.45, 7) is 2.03. The van der Waals surface area contributed by atoms with Crippen LogP contribution in [0.15, 0.2) is 71.3 Å². The van der Waals surface area contributed by atoms with Crippen molar-refractivity contribution < 1.29 is 27.2 Å². The molecule has 0 aliphatic rings. The summed E-state index contributed by atoms with van der Waals surface area (Å²) in [5.41, 5.74) is 1.14. The summed E-state index contributed by atoms with van der Waals surface area (Å²) in [5, 5.41) is 5.53. The van der Waals surface area contributed by atoms with Crippen LogP contribution in [0.1, 0.15) is 29.5 Å². The Bertz CT molecular complexity index is 1220. The molecule has 2 amide bonds. The number of nitrogens with one attached hydrogen (secondary N) is 2. The van der Waals surface area contributed by atoms with Crippen molar-refractivity contribution in [2.45, 2.75) is 26.0 Å². The van der Waals surface area contributed by atoms with Gasteiger partial charge in [-0.2, -0.15) is 0 Å². The highest BCUT2D eigenvalue weighted by atomic mass is 32.2. The van der Waals surface area contributed by atoms with Crippen LogP contribution in [0.25, 0.3) is 0 Å². The van der Waals surface area contributed by atoms with E-state index in [1.165, 1.54) is 13.3 Å². The number of hydrogen-bond acceptors (Lipinski definition) is 6. The largest absolute Gasteiger partial charge is 0.481 e. The van der Waals surface area contributed by atoms with Crippen LogP contribution >= 0.6 is 0 Å².